The van der Waals surface area contributed by atoms with Crippen molar-refractivity contribution < 1.29 is 22.8 Å². The van der Waals surface area contributed by atoms with Crippen LogP contribution in [0, 0.1) is 5.92 Å². The molecule has 1 unspecified atom stereocenters. The van der Waals surface area contributed by atoms with Crippen molar-refractivity contribution in [2.24, 2.45) is 11.7 Å². The van der Waals surface area contributed by atoms with Crippen LogP contribution < -0.4 is 11.1 Å². The van der Waals surface area contributed by atoms with Crippen molar-refractivity contribution in [1.82, 2.24) is 4.90 Å². The lowest BCUT2D eigenvalue weighted by Gasteiger charge is -2.31. The second-order valence-corrected chi connectivity index (χ2v) is 8.83. The molecule has 3 N–H and O–H groups in total. The first-order chi connectivity index (χ1) is 15.0. The summed E-state index contributed by atoms with van der Waals surface area (Å²) >= 11 is 0. The molecular formula is C24H28F3N3O2. The number of rotatable bonds is 6. The molecule has 1 heterocycles. The quantitative estimate of drug-likeness (QED) is 0.693. The number of benzene rings is 2. The number of amides is 2. The second-order valence-electron chi connectivity index (χ2n) is 8.83. The molecule has 0 bridgehead atoms. The van der Waals surface area contributed by atoms with Crippen LogP contribution in [-0.4, -0.2) is 29.8 Å². The minimum absolute atomic E-state index is 0.125. The van der Waals surface area contributed by atoms with Crippen molar-refractivity contribution in [3.8, 4) is 0 Å². The number of anilines is 1. The number of alkyl halides is 3. The Hall–Kier alpha value is -2.87. The number of primary amides is 1. The summed E-state index contributed by atoms with van der Waals surface area (Å²) in [5, 5.41) is 2.80. The Bertz CT molecular complexity index is 971. The maximum Gasteiger partial charge on any atom is 0.416 e. The molecule has 1 fully saturated rings. The highest BCUT2D eigenvalue weighted by Crippen LogP contribution is 2.33. The molecule has 0 radical (unpaired) electrons. The third kappa shape index (κ3) is 5.68. The fourth-order valence-corrected chi connectivity index (χ4v) is 3.89. The number of carbonyl (C=O) groups excluding carboxylic acids is 2. The standard InChI is InChI=1S/C24H28F3N3O2/c1-23(2,18-6-3-7-19(13-18)24(25,26)27)22(32)29-20-10-8-16(9-11-20)14-30-12-4-5-17(15-30)21(28)31/h3,6-11,13,17H,4-5,12,14-15H2,1-2H3,(H2,28,31)(H,29,32). The van der Waals surface area contributed by atoms with E-state index < -0.39 is 23.1 Å². The molecule has 1 aliphatic heterocycles. The lowest BCUT2D eigenvalue weighted by atomic mass is 9.83. The maximum absolute atomic E-state index is 13.0. The molecule has 3 rings (SSSR count). The molecule has 0 saturated carbocycles. The van der Waals surface area contributed by atoms with Gasteiger partial charge in [-0.05, 0) is 62.6 Å². The lowest BCUT2D eigenvalue weighted by molar-refractivity contribution is -0.137. The molecule has 2 aromatic rings. The third-order valence-corrected chi connectivity index (χ3v) is 6.01. The van der Waals surface area contributed by atoms with Crippen LogP contribution in [0.1, 0.15) is 43.4 Å². The van der Waals surface area contributed by atoms with Gasteiger partial charge in [-0.1, -0.05) is 30.3 Å². The van der Waals surface area contributed by atoms with Gasteiger partial charge in [0.05, 0.1) is 16.9 Å². The van der Waals surface area contributed by atoms with Gasteiger partial charge in [0.25, 0.3) is 0 Å². The third-order valence-electron chi connectivity index (χ3n) is 6.01. The molecule has 0 aromatic heterocycles. The highest BCUT2D eigenvalue weighted by molar-refractivity contribution is 5.98. The Balaban J connectivity index is 1.65. The topological polar surface area (TPSA) is 75.4 Å². The van der Waals surface area contributed by atoms with Crippen LogP contribution in [0.5, 0.6) is 0 Å². The SMILES string of the molecule is CC(C)(C(=O)Nc1ccc(CN2CCCC(C(N)=O)C2)cc1)c1cccc(C(F)(F)F)c1. The average Bonchev–Trinajstić information content (AvgIpc) is 2.74. The Labute approximate surface area is 185 Å². The first-order valence-electron chi connectivity index (χ1n) is 10.6. The van der Waals surface area contributed by atoms with E-state index in [0.717, 1.165) is 37.1 Å². The summed E-state index contributed by atoms with van der Waals surface area (Å²) in [6.07, 6.45) is -2.73. The Morgan fingerprint density at radius 1 is 1.09 bits per heavy atom. The zero-order valence-corrected chi connectivity index (χ0v) is 18.2. The summed E-state index contributed by atoms with van der Waals surface area (Å²) in [5.41, 5.74) is 5.38. The normalized spacial score (nSPS) is 17.7. The molecular weight excluding hydrogens is 419 g/mol. The molecule has 5 nitrogen and oxygen atoms in total. The molecule has 1 atom stereocenters. The van der Waals surface area contributed by atoms with Gasteiger partial charge in [-0.15, -0.1) is 0 Å². The fraction of sp³-hybridized carbons (Fsp3) is 0.417. The predicted octanol–water partition coefficient (Wildman–Crippen LogP) is 4.32. The molecule has 1 saturated heterocycles. The van der Waals surface area contributed by atoms with Crippen molar-refractivity contribution in [1.29, 1.82) is 0 Å². The van der Waals surface area contributed by atoms with Crippen molar-refractivity contribution >= 4 is 17.5 Å². The van der Waals surface area contributed by atoms with Gasteiger partial charge in [-0.3, -0.25) is 14.5 Å². The van der Waals surface area contributed by atoms with E-state index in [0.29, 0.717) is 18.8 Å². The van der Waals surface area contributed by atoms with Crippen LogP contribution in [0.25, 0.3) is 0 Å². The van der Waals surface area contributed by atoms with Gasteiger partial charge in [0.2, 0.25) is 11.8 Å². The number of halogens is 3. The van der Waals surface area contributed by atoms with Crippen molar-refractivity contribution in [2.75, 3.05) is 18.4 Å². The monoisotopic (exact) mass is 447 g/mol. The van der Waals surface area contributed by atoms with Gasteiger partial charge < -0.3 is 11.1 Å². The van der Waals surface area contributed by atoms with Gasteiger partial charge in [0, 0.05) is 18.8 Å². The maximum atomic E-state index is 13.0. The summed E-state index contributed by atoms with van der Waals surface area (Å²) in [4.78, 5) is 26.5. The summed E-state index contributed by atoms with van der Waals surface area (Å²) in [5.74, 6) is -0.790. The first kappa shape index (κ1) is 23.8. The molecule has 32 heavy (non-hydrogen) atoms. The number of nitrogens with two attached hydrogens (primary N) is 1. The van der Waals surface area contributed by atoms with Gasteiger partial charge in [-0.25, -0.2) is 0 Å². The van der Waals surface area contributed by atoms with Crippen LogP contribution in [0.15, 0.2) is 48.5 Å². The Morgan fingerprint density at radius 3 is 2.38 bits per heavy atom. The number of likely N-dealkylation sites (tertiary alicyclic amines) is 1. The van der Waals surface area contributed by atoms with Crippen molar-refractivity contribution in [3.63, 3.8) is 0 Å². The molecule has 0 aliphatic carbocycles. The zero-order valence-electron chi connectivity index (χ0n) is 18.2. The largest absolute Gasteiger partial charge is 0.416 e. The Morgan fingerprint density at radius 2 is 1.75 bits per heavy atom. The summed E-state index contributed by atoms with van der Waals surface area (Å²) < 4.78 is 39.1. The smallest absolute Gasteiger partial charge is 0.369 e. The second kappa shape index (κ2) is 9.32. The van der Waals surface area contributed by atoms with E-state index >= 15 is 0 Å². The minimum atomic E-state index is -4.47. The van der Waals surface area contributed by atoms with Crippen LogP contribution in [-0.2, 0) is 27.7 Å². The van der Waals surface area contributed by atoms with Gasteiger partial charge >= 0.3 is 6.18 Å². The number of nitrogens with one attached hydrogen (secondary N) is 1. The van der Waals surface area contributed by atoms with E-state index in [4.69, 9.17) is 5.73 Å². The minimum Gasteiger partial charge on any atom is -0.369 e. The molecule has 8 heteroatoms. The van der Waals surface area contributed by atoms with E-state index in [9.17, 15) is 22.8 Å². The summed E-state index contributed by atoms with van der Waals surface area (Å²) in [7, 11) is 0. The molecule has 2 aromatic carbocycles. The summed E-state index contributed by atoms with van der Waals surface area (Å²) in [6.45, 7) is 5.40. The first-order valence-corrected chi connectivity index (χ1v) is 10.6. The predicted molar refractivity (Wildman–Crippen MR) is 117 cm³/mol. The van der Waals surface area contributed by atoms with Crippen molar-refractivity contribution in [3.05, 3.63) is 65.2 Å². The Kier molecular flexibility index (Phi) is 6.93. The van der Waals surface area contributed by atoms with Gasteiger partial charge in [-0.2, -0.15) is 13.2 Å². The number of hydrogen-bond donors (Lipinski definition) is 2. The van der Waals surface area contributed by atoms with E-state index in [2.05, 4.69) is 10.2 Å². The van der Waals surface area contributed by atoms with E-state index in [1.54, 1.807) is 26.0 Å². The average molecular weight is 448 g/mol. The fourth-order valence-electron chi connectivity index (χ4n) is 3.89. The van der Waals surface area contributed by atoms with E-state index in [-0.39, 0.29) is 17.4 Å². The molecule has 1 aliphatic rings. The highest BCUT2D eigenvalue weighted by Gasteiger charge is 2.35. The van der Waals surface area contributed by atoms with Gasteiger partial charge in [0.15, 0.2) is 0 Å². The summed E-state index contributed by atoms with van der Waals surface area (Å²) in [6, 6.07) is 12.2. The van der Waals surface area contributed by atoms with Crippen LogP contribution in [0.4, 0.5) is 18.9 Å². The number of carbonyl (C=O) groups is 2. The molecule has 2 amide bonds. The van der Waals surface area contributed by atoms with Crippen LogP contribution >= 0.6 is 0 Å². The highest BCUT2D eigenvalue weighted by atomic mass is 19.4. The molecule has 172 valence electrons. The van der Waals surface area contributed by atoms with E-state index in [1.807, 2.05) is 12.1 Å². The number of hydrogen-bond acceptors (Lipinski definition) is 3. The van der Waals surface area contributed by atoms with Crippen LogP contribution in [0.2, 0.25) is 0 Å². The number of piperidine rings is 1. The lowest BCUT2D eigenvalue weighted by Crippen LogP contribution is -2.40. The zero-order chi connectivity index (χ0) is 23.5. The van der Waals surface area contributed by atoms with E-state index in [1.165, 1.54) is 12.1 Å². The molecule has 0 spiro atoms. The van der Waals surface area contributed by atoms with Crippen molar-refractivity contribution in [2.45, 2.75) is 44.8 Å². The number of nitrogens with zero attached hydrogens (tertiary/aromatic N) is 1. The van der Waals surface area contributed by atoms with Gasteiger partial charge in [0.1, 0.15) is 0 Å². The van der Waals surface area contributed by atoms with Crippen LogP contribution in [0.3, 0.4) is 0 Å².